The van der Waals surface area contributed by atoms with Gasteiger partial charge in [-0.2, -0.15) is 0 Å². The van der Waals surface area contributed by atoms with E-state index < -0.39 is 0 Å². The number of carbonyl (C=O) groups is 1. The van der Waals surface area contributed by atoms with Crippen LogP contribution >= 0.6 is 12.2 Å². The number of rotatable bonds is 3. The third-order valence-corrected chi connectivity index (χ3v) is 4.84. The molecular weight excluding hydrogens is 330 g/mol. The Morgan fingerprint density at radius 3 is 2.36 bits per heavy atom. The molecule has 4 nitrogen and oxygen atoms in total. The largest absolute Gasteiger partial charge is 0.339 e. The van der Waals surface area contributed by atoms with Gasteiger partial charge in [-0.25, -0.2) is 0 Å². The summed E-state index contributed by atoms with van der Waals surface area (Å²) in [6.07, 6.45) is 2.20. The zero-order valence-corrected chi connectivity index (χ0v) is 15.5. The van der Waals surface area contributed by atoms with E-state index in [0.717, 1.165) is 42.9 Å². The quantitative estimate of drug-likeness (QED) is 0.805. The highest BCUT2D eigenvalue weighted by molar-refractivity contribution is 7.80. The molecule has 0 spiro atoms. The van der Waals surface area contributed by atoms with E-state index in [-0.39, 0.29) is 5.91 Å². The van der Waals surface area contributed by atoms with Crippen LogP contribution in [0.25, 0.3) is 0 Å². The highest BCUT2D eigenvalue weighted by Crippen LogP contribution is 2.19. The fraction of sp³-hybridized carbons (Fsp3) is 0.300. The van der Waals surface area contributed by atoms with Crippen LogP contribution in [0, 0.1) is 13.8 Å². The van der Waals surface area contributed by atoms with Crippen molar-refractivity contribution in [3.05, 3.63) is 59.2 Å². The molecule has 0 aliphatic carbocycles. The number of hydrogen-bond donors (Lipinski definition) is 2. The summed E-state index contributed by atoms with van der Waals surface area (Å²) >= 11 is 5.40. The van der Waals surface area contributed by atoms with E-state index in [2.05, 4.69) is 30.5 Å². The maximum atomic E-state index is 12.4. The average molecular weight is 353 g/mol. The van der Waals surface area contributed by atoms with Crippen LogP contribution in [-0.2, 0) is 0 Å². The summed E-state index contributed by atoms with van der Waals surface area (Å²) in [6.45, 7) is 5.87. The van der Waals surface area contributed by atoms with Gasteiger partial charge in [0, 0.05) is 30.0 Å². The first-order valence-corrected chi connectivity index (χ1v) is 8.99. The fourth-order valence-electron chi connectivity index (χ4n) is 2.97. The highest BCUT2D eigenvalue weighted by atomic mass is 32.1. The number of benzene rings is 2. The monoisotopic (exact) mass is 353 g/mol. The first-order valence-electron chi connectivity index (χ1n) is 8.58. The molecule has 1 saturated heterocycles. The second-order valence-electron chi connectivity index (χ2n) is 6.40. The SMILES string of the molecule is Cc1cccc(NC(=S)Nc2ccc(C(=O)N3CCCC3)cc2)c1C. The zero-order chi connectivity index (χ0) is 17.8. The smallest absolute Gasteiger partial charge is 0.253 e. The molecule has 0 unspecified atom stereocenters. The lowest BCUT2D eigenvalue weighted by molar-refractivity contribution is 0.0793. The zero-order valence-electron chi connectivity index (χ0n) is 14.6. The molecule has 0 aromatic heterocycles. The summed E-state index contributed by atoms with van der Waals surface area (Å²) in [6, 6.07) is 13.6. The van der Waals surface area contributed by atoms with E-state index in [9.17, 15) is 4.79 Å². The molecule has 1 aliphatic heterocycles. The van der Waals surface area contributed by atoms with Crippen LogP contribution < -0.4 is 10.6 Å². The number of aryl methyl sites for hydroxylation is 1. The van der Waals surface area contributed by atoms with E-state index in [1.54, 1.807) is 0 Å². The maximum absolute atomic E-state index is 12.4. The molecule has 2 N–H and O–H groups in total. The Balaban J connectivity index is 1.62. The van der Waals surface area contributed by atoms with Crippen molar-refractivity contribution in [1.82, 2.24) is 4.90 Å². The number of nitrogens with zero attached hydrogens (tertiary/aromatic N) is 1. The lowest BCUT2D eigenvalue weighted by Crippen LogP contribution is -2.27. The Morgan fingerprint density at radius 2 is 1.68 bits per heavy atom. The van der Waals surface area contributed by atoms with Crippen LogP contribution in [0.1, 0.15) is 34.3 Å². The molecular formula is C20H23N3OS. The standard InChI is InChI=1S/C20H23N3OS/c1-14-6-5-7-18(15(14)2)22-20(25)21-17-10-8-16(9-11-17)19(24)23-12-3-4-13-23/h5-11H,3-4,12-13H2,1-2H3,(H2,21,22,25). The van der Waals surface area contributed by atoms with Crippen molar-refractivity contribution >= 4 is 34.6 Å². The lowest BCUT2D eigenvalue weighted by atomic mass is 10.1. The van der Waals surface area contributed by atoms with Gasteiger partial charge in [0.1, 0.15) is 0 Å². The van der Waals surface area contributed by atoms with Gasteiger partial charge in [0.2, 0.25) is 0 Å². The van der Waals surface area contributed by atoms with Crippen LogP contribution in [0.4, 0.5) is 11.4 Å². The van der Waals surface area contributed by atoms with E-state index in [1.807, 2.05) is 41.3 Å². The van der Waals surface area contributed by atoms with Crippen molar-refractivity contribution in [2.45, 2.75) is 26.7 Å². The number of amides is 1. The molecule has 0 atom stereocenters. The molecule has 25 heavy (non-hydrogen) atoms. The Hall–Kier alpha value is -2.40. The molecule has 0 bridgehead atoms. The van der Waals surface area contributed by atoms with Crippen molar-refractivity contribution in [2.75, 3.05) is 23.7 Å². The molecule has 1 heterocycles. The molecule has 0 saturated carbocycles. The van der Waals surface area contributed by atoms with Crippen molar-refractivity contribution in [3.8, 4) is 0 Å². The lowest BCUT2D eigenvalue weighted by Gasteiger charge is -2.16. The molecule has 2 aromatic carbocycles. The van der Waals surface area contributed by atoms with Gasteiger partial charge < -0.3 is 15.5 Å². The van der Waals surface area contributed by atoms with Gasteiger partial charge in [-0.3, -0.25) is 4.79 Å². The Bertz CT molecular complexity index is 780. The van der Waals surface area contributed by atoms with Gasteiger partial charge in [-0.05, 0) is 80.4 Å². The van der Waals surface area contributed by atoms with Gasteiger partial charge in [-0.15, -0.1) is 0 Å². The minimum absolute atomic E-state index is 0.111. The summed E-state index contributed by atoms with van der Waals surface area (Å²) in [5, 5.41) is 6.93. The van der Waals surface area contributed by atoms with Crippen molar-refractivity contribution < 1.29 is 4.79 Å². The average Bonchev–Trinajstić information content (AvgIpc) is 3.13. The van der Waals surface area contributed by atoms with Crippen LogP contribution in [0.15, 0.2) is 42.5 Å². The predicted molar refractivity (Wildman–Crippen MR) is 107 cm³/mol. The predicted octanol–water partition coefficient (Wildman–Crippen LogP) is 4.35. The minimum atomic E-state index is 0.111. The van der Waals surface area contributed by atoms with Crippen LogP contribution in [0.5, 0.6) is 0 Å². The number of thiocarbonyl (C=S) groups is 1. The van der Waals surface area contributed by atoms with Crippen LogP contribution in [0.3, 0.4) is 0 Å². The molecule has 2 aromatic rings. The fourth-order valence-corrected chi connectivity index (χ4v) is 3.20. The van der Waals surface area contributed by atoms with Gasteiger partial charge in [0.05, 0.1) is 0 Å². The molecule has 130 valence electrons. The second-order valence-corrected chi connectivity index (χ2v) is 6.81. The Morgan fingerprint density at radius 1 is 1.00 bits per heavy atom. The van der Waals surface area contributed by atoms with Gasteiger partial charge >= 0.3 is 0 Å². The number of anilines is 2. The maximum Gasteiger partial charge on any atom is 0.253 e. The number of hydrogen-bond acceptors (Lipinski definition) is 2. The summed E-state index contributed by atoms with van der Waals surface area (Å²) in [5.41, 5.74) is 4.98. The summed E-state index contributed by atoms with van der Waals surface area (Å²) in [5.74, 6) is 0.111. The van der Waals surface area contributed by atoms with Gasteiger partial charge in [-0.1, -0.05) is 12.1 Å². The van der Waals surface area contributed by atoms with Crippen LogP contribution in [-0.4, -0.2) is 29.0 Å². The molecule has 5 heteroatoms. The van der Waals surface area contributed by atoms with Crippen molar-refractivity contribution in [3.63, 3.8) is 0 Å². The van der Waals surface area contributed by atoms with Crippen LogP contribution in [0.2, 0.25) is 0 Å². The molecule has 1 fully saturated rings. The first-order chi connectivity index (χ1) is 12.0. The topological polar surface area (TPSA) is 44.4 Å². The highest BCUT2D eigenvalue weighted by Gasteiger charge is 2.19. The summed E-state index contributed by atoms with van der Waals surface area (Å²) in [7, 11) is 0. The minimum Gasteiger partial charge on any atom is -0.339 e. The number of nitrogens with one attached hydrogen (secondary N) is 2. The van der Waals surface area contributed by atoms with E-state index in [1.165, 1.54) is 11.1 Å². The van der Waals surface area contributed by atoms with E-state index >= 15 is 0 Å². The second kappa shape index (κ2) is 7.66. The Labute approximate surface area is 154 Å². The van der Waals surface area contributed by atoms with E-state index in [4.69, 9.17) is 12.2 Å². The third kappa shape index (κ3) is 4.17. The third-order valence-electron chi connectivity index (χ3n) is 4.64. The Kier molecular flexibility index (Phi) is 5.34. The first kappa shape index (κ1) is 17.4. The van der Waals surface area contributed by atoms with Crippen molar-refractivity contribution in [1.29, 1.82) is 0 Å². The molecule has 1 amide bonds. The molecule has 0 radical (unpaired) electrons. The summed E-state index contributed by atoms with van der Waals surface area (Å²) in [4.78, 5) is 14.3. The normalized spacial score (nSPS) is 13.6. The summed E-state index contributed by atoms with van der Waals surface area (Å²) < 4.78 is 0. The molecule has 1 aliphatic rings. The van der Waals surface area contributed by atoms with Gasteiger partial charge in [0.25, 0.3) is 5.91 Å². The number of carbonyl (C=O) groups excluding carboxylic acids is 1. The van der Waals surface area contributed by atoms with Crippen molar-refractivity contribution in [2.24, 2.45) is 0 Å². The number of likely N-dealkylation sites (tertiary alicyclic amines) is 1. The van der Waals surface area contributed by atoms with Gasteiger partial charge in [0.15, 0.2) is 5.11 Å². The molecule has 3 rings (SSSR count). The van der Waals surface area contributed by atoms with E-state index in [0.29, 0.717) is 5.11 Å².